The summed E-state index contributed by atoms with van der Waals surface area (Å²) in [6.07, 6.45) is 10.2. The lowest BCUT2D eigenvalue weighted by Crippen LogP contribution is -2.17. The Kier molecular flexibility index (Phi) is 5.80. The molecule has 0 fully saturated rings. The van der Waals surface area contributed by atoms with Crippen molar-refractivity contribution in [2.75, 3.05) is 0 Å². The Morgan fingerprint density at radius 1 is 1.33 bits per heavy atom. The second-order valence-electron chi connectivity index (χ2n) is 6.28. The van der Waals surface area contributed by atoms with E-state index >= 15 is 0 Å². The fraction of sp³-hybridized carbons (Fsp3) is 0.611. The predicted octanol–water partition coefficient (Wildman–Crippen LogP) is 4.14. The summed E-state index contributed by atoms with van der Waals surface area (Å²) in [5, 5.41) is 1.26. The topological polar surface area (TPSA) is 43.8 Å². The summed E-state index contributed by atoms with van der Waals surface area (Å²) in [6.45, 7) is 7.70. The number of nitrogens with zero attached hydrogens (tertiary/aromatic N) is 2. The van der Waals surface area contributed by atoms with Crippen molar-refractivity contribution in [2.45, 2.75) is 65.5 Å². The highest BCUT2D eigenvalue weighted by molar-refractivity contribution is 5.80. The van der Waals surface area contributed by atoms with Crippen molar-refractivity contribution in [1.82, 2.24) is 9.55 Å². The molecule has 2 heterocycles. The molecule has 0 saturated heterocycles. The Labute approximate surface area is 128 Å². The van der Waals surface area contributed by atoms with Crippen LogP contribution in [0.3, 0.4) is 0 Å². The SMILES string of the molecule is CCCCC(CC)Cn1cc(CC(C)N)c2cccnc21. The van der Waals surface area contributed by atoms with Crippen molar-refractivity contribution in [2.24, 2.45) is 11.7 Å². The minimum atomic E-state index is 0.186. The van der Waals surface area contributed by atoms with Gasteiger partial charge in [-0.2, -0.15) is 0 Å². The number of hydrogen-bond donors (Lipinski definition) is 1. The van der Waals surface area contributed by atoms with Crippen LogP contribution >= 0.6 is 0 Å². The third kappa shape index (κ3) is 4.07. The van der Waals surface area contributed by atoms with E-state index in [4.69, 9.17) is 5.73 Å². The molecular weight excluding hydrogens is 258 g/mol. The van der Waals surface area contributed by atoms with Gasteiger partial charge < -0.3 is 10.3 Å². The first-order chi connectivity index (χ1) is 10.2. The maximum atomic E-state index is 5.99. The highest BCUT2D eigenvalue weighted by atomic mass is 15.0. The number of pyridine rings is 1. The summed E-state index contributed by atoms with van der Waals surface area (Å²) in [7, 11) is 0. The van der Waals surface area contributed by atoms with E-state index in [1.807, 2.05) is 12.3 Å². The number of aromatic nitrogens is 2. The molecule has 0 bridgehead atoms. The van der Waals surface area contributed by atoms with Gasteiger partial charge in [0, 0.05) is 30.4 Å². The van der Waals surface area contributed by atoms with Gasteiger partial charge in [0.1, 0.15) is 5.65 Å². The van der Waals surface area contributed by atoms with Crippen molar-refractivity contribution in [3.05, 3.63) is 30.1 Å². The molecule has 0 spiro atoms. The third-order valence-electron chi connectivity index (χ3n) is 4.26. The number of rotatable bonds is 8. The van der Waals surface area contributed by atoms with Crippen molar-refractivity contribution in [3.63, 3.8) is 0 Å². The molecule has 0 saturated carbocycles. The van der Waals surface area contributed by atoms with Crippen LogP contribution in [0, 0.1) is 5.92 Å². The molecule has 3 nitrogen and oxygen atoms in total. The second kappa shape index (κ2) is 7.60. The van der Waals surface area contributed by atoms with Gasteiger partial charge in [0.15, 0.2) is 0 Å². The lowest BCUT2D eigenvalue weighted by molar-refractivity contribution is 0.395. The largest absolute Gasteiger partial charge is 0.332 e. The van der Waals surface area contributed by atoms with Gasteiger partial charge in [0.25, 0.3) is 0 Å². The molecule has 0 aliphatic carbocycles. The van der Waals surface area contributed by atoms with Gasteiger partial charge >= 0.3 is 0 Å². The van der Waals surface area contributed by atoms with E-state index in [2.05, 4.69) is 42.6 Å². The van der Waals surface area contributed by atoms with E-state index in [9.17, 15) is 0 Å². The van der Waals surface area contributed by atoms with Crippen LogP contribution in [-0.2, 0) is 13.0 Å². The Balaban J connectivity index is 2.26. The number of hydrogen-bond acceptors (Lipinski definition) is 2. The zero-order valence-electron chi connectivity index (χ0n) is 13.7. The second-order valence-corrected chi connectivity index (χ2v) is 6.28. The number of nitrogens with two attached hydrogens (primary N) is 1. The van der Waals surface area contributed by atoms with Crippen molar-refractivity contribution >= 4 is 11.0 Å². The van der Waals surface area contributed by atoms with Crippen LogP contribution in [0.25, 0.3) is 11.0 Å². The maximum Gasteiger partial charge on any atom is 0.140 e. The van der Waals surface area contributed by atoms with Gasteiger partial charge in [-0.25, -0.2) is 4.98 Å². The molecule has 21 heavy (non-hydrogen) atoms. The van der Waals surface area contributed by atoms with Gasteiger partial charge in [-0.15, -0.1) is 0 Å². The zero-order valence-corrected chi connectivity index (χ0v) is 13.7. The quantitative estimate of drug-likeness (QED) is 0.793. The van der Waals surface area contributed by atoms with E-state index in [0.29, 0.717) is 0 Å². The summed E-state index contributed by atoms with van der Waals surface area (Å²) in [5.41, 5.74) is 8.43. The van der Waals surface area contributed by atoms with Crippen molar-refractivity contribution in [1.29, 1.82) is 0 Å². The molecule has 0 aromatic carbocycles. The minimum Gasteiger partial charge on any atom is -0.332 e. The summed E-state index contributed by atoms with van der Waals surface area (Å²) in [5.74, 6) is 0.741. The Morgan fingerprint density at radius 3 is 2.81 bits per heavy atom. The lowest BCUT2D eigenvalue weighted by Gasteiger charge is -2.15. The van der Waals surface area contributed by atoms with Crippen molar-refractivity contribution < 1.29 is 0 Å². The first kappa shape index (κ1) is 16.0. The number of fused-ring (bicyclic) bond motifs is 1. The molecule has 0 radical (unpaired) electrons. The van der Waals surface area contributed by atoms with Gasteiger partial charge in [0.2, 0.25) is 0 Å². The average Bonchev–Trinajstić information content (AvgIpc) is 2.81. The maximum absolute atomic E-state index is 5.99. The van der Waals surface area contributed by atoms with Crippen LogP contribution in [0.1, 0.15) is 52.0 Å². The summed E-state index contributed by atoms with van der Waals surface area (Å²) in [6, 6.07) is 4.38. The Morgan fingerprint density at radius 2 is 2.14 bits per heavy atom. The molecule has 0 aliphatic rings. The highest BCUT2D eigenvalue weighted by Gasteiger charge is 2.13. The van der Waals surface area contributed by atoms with Gasteiger partial charge in [-0.3, -0.25) is 0 Å². The van der Waals surface area contributed by atoms with Crippen LogP contribution < -0.4 is 5.73 Å². The predicted molar refractivity (Wildman–Crippen MR) is 90.4 cm³/mol. The highest BCUT2D eigenvalue weighted by Crippen LogP contribution is 2.23. The number of unbranched alkanes of at least 4 members (excludes halogenated alkanes) is 1. The summed E-state index contributed by atoms with van der Waals surface area (Å²) in [4.78, 5) is 4.60. The summed E-state index contributed by atoms with van der Waals surface area (Å²) < 4.78 is 2.34. The lowest BCUT2D eigenvalue weighted by atomic mass is 9.99. The third-order valence-corrected chi connectivity index (χ3v) is 4.26. The Hall–Kier alpha value is -1.35. The zero-order chi connectivity index (χ0) is 15.2. The van der Waals surface area contributed by atoms with Gasteiger partial charge in [0.05, 0.1) is 0 Å². The van der Waals surface area contributed by atoms with Gasteiger partial charge in [-0.1, -0.05) is 33.1 Å². The fourth-order valence-corrected chi connectivity index (χ4v) is 3.04. The Bertz CT molecular complexity index is 557. The normalized spacial score (nSPS) is 14.5. The van der Waals surface area contributed by atoms with Crippen LogP contribution in [0.2, 0.25) is 0 Å². The van der Waals surface area contributed by atoms with E-state index in [0.717, 1.165) is 24.5 Å². The first-order valence-electron chi connectivity index (χ1n) is 8.34. The molecular formula is C18H29N3. The summed E-state index contributed by atoms with van der Waals surface area (Å²) >= 11 is 0. The smallest absolute Gasteiger partial charge is 0.140 e. The van der Waals surface area contributed by atoms with Crippen LogP contribution in [0.15, 0.2) is 24.5 Å². The molecule has 2 rings (SSSR count). The molecule has 116 valence electrons. The van der Waals surface area contributed by atoms with E-state index in [1.165, 1.54) is 36.6 Å². The molecule has 2 N–H and O–H groups in total. The molecule has 2 atom stereocenters. The van der Waals surface area contributed by atoms with Crippen LogP contribution in [0.4, 0.5) is 0 Å². The monoisotopic (exact) mass is 287 g/mol. The fourth-order valence-electron chi connectivity index (χ4n) is 3.04. The molecule has 2 aromatic heterocycles. The van der Waals surface area contributed by atoms with Crippen molar-refractivity contribution in [3.8, 4) is 0 Å². The van der Waals surface area contributed by atoms with Gasteiger partial charge in [-0.05, 0) is 43.4 Å². The van der Waals surface area contributed by atoms with E-state index in [-0.39, 0.29) is 6.04 Å². The van der Waals surface area contributed by atoms with Crippen LogP contribution in [0.5, 0.6) is 0 Å². The molecule has 2 aromatic rings. The molecule has 3 heteroatoms. The van der Waals surface area contributed by atoms with Crippen LogP contribution in [-0.4, -0.2) is 15.6 Å². The van der Waals surface area contributed by atoms with E-state index in [1.54, 1.807) is 0 Å². The molecule has 0 aliphatic heterocycles. The minimum absolute atomic E-state index is 0.186. The molecule has 0 amide bonds. The average molecular weight is 287 g/mol. The molecule has 2 unspecified atom stereocenters. The first-order valence-corrected chi connectivity index (χ1v) is 8.34. The standard InChI is InChI=1S/C18H29N3/c1-4-6-8-15(5-2)12-21-13-16(11-14(3)19)17-9-7-10-20-18(17)21/h7,9-10,13-15H,4-6,8,11-12,19H2,1-3H3. The van der Waals surface area contributed by atoms with E-state index < -0.39 is 0 Å².